The van der Waals surface area contributed by atoms with Crippen LogP contribution in [0, 0.1) is 6.92 Å². The Bertz CT molecular complexity index is 1020. The fourth-order valence-electron chi connectivity index (χ4n) is 5.22. The van der Waals surface area contributed by atoms with Gasteiger partial charge < -0.3 is 15.4 Å². The number of aryl methyl sites for hydroxylation is 1. The molecule has 0 aromatic heterocycles. The Kier molecular flexibility index (Phi) is 7.93. The number of urea groups is 1. The molecule has 2 aliphatic rings. The summed E-state index contributed by atoms with van der Waals surface area (Å²) in [5, 5.41) is 0.733. The summed E-state index contributed by atoms with van der Waals surface area (Å²) >= 11 is 6.23. The molecule has 0 unspecified atom stereocenters. The molecular formula is C25H31Cl2N3O3. The van der Waals surface area contributed by atoms with Gasteiger partial charge in [0.2, 0.25) is 0 Å². The highest BCUT2D eigenvalue weighted by atomic mass is 35.5. The summed E-state index contributed by atoms with van der Waals surface area (Å²) in [6, 6.07) is 13.6. The minimum absolute atomic E-state index is 0. The van der Waals surface area contributed by atoms with E-state index in [9.17, 15) is 9.59 Å². The fourth-order valence-corrected chi connectivity index (χ4v) is 5.41. The number of amides is 2. The number of benzene rings is 2. The van der Waals surface area contributed by atoms with Gasteiger partial charge in [-0.05, 0) is 74.1 Å². The minimum Gasteiger partial charge on any atom is -0.465 e. The van der Waals surface area contributed by atoms with Crippen molar-refractivity contribution in [1.82, 2.24) is 4.90 Å². The van der Waals surface area contributed by atoms with Crippen LogP contribution in [0.3, 0.4) is 0 Å². The van der Waals surface area contributed by atoms with Crippen LogP contribution in [0.15, 0.2) is 42.5 Å². The summed E-state index contributed by atoms with van der Waals surface area (Å²) in [6.45, 7) is 3.84. The van der Waals surface area contributed by atoms with Crippen LogP contribution in [0.4, 0.5) is 10.5 Å². The highest BCUT2D eigenvalue weighted by molar-refractivity contribution is 6.30. The van der Waals surface area contributed by atoms with Gasteiger partial charge in [0.15, 0.2) is 0 Å². The Morgan fingerprint density at radius 1 is 1.18 bits per heavy atom. The Labute approximate surface area is 206 Å². The number of nitrogens with two attached hydrogens (primary N) is 1. The highest BCUT2D eigenvalue weighted by Crippen LogP contribution is 2.41. The number of halogens is 2. The predicted octanol–water partition coefficient (Wildman–Crippen LogP) is 4.94. The third kappa shape index (κ3) is 4.84. The van der Waals surface area contributed by atoms with Crippen molar-refractivity contribution < 1.29 is 14.3 Å². The molecule has 0 radical (unpaired) electrons. The molecule has 1 saturated carbocycles. The molecule has 2 amide bonds. The zero-order valence-corrected chi connectivity index (χ0v) is 20.6. The SMILES string of the molecule is COC(=O)c1ccc(N2CCN([C@H]3CC[C@@](CN)(c4cccc(Cl)c4)CC3)C2=O)c(C)c1.Cl. The summed E-state index contributed by atoms with van der Waals surface area (Å²) in [6.07, 6.45) is 3.71. The number of nitrogens with zero attached hydrogens (tertiary/aromatic N) is 2. The number of hydrogen-bond acceptors (Lipinski definition) is 4. The maximum atomic E-state index is 13.3. The van der Waals surface area contributed by atoms with E-state index in [1.165, 1.54) is 12.7 Å². The second kappa shape index (κ2) is 10.3. The summed E-state index contributed by atoms with van der Waals surface area (Å²) in [4.78, 5) is 28.9. The highest BCUT2D eigenvalue weighted by Gasteiger charge is 2.41. The lowest BCUT2D eigenvalue weighted by atomic mass is 9.68. The zero-order valence-electron chi connectivity index (χ0n) is 19.1. The van der Waals surface area contributed by atoms with Crippen molar-refractivity contribution in [2.24, 2.45) is 5.73 Å². The third-order valence-corrected chi connectivity index (χ3v) is 7.37. The molecule has 6 nitrogen and oxygen atoms in total. The molecule has 178 valence electrons. The van der Waals surface area contributed by atoms with Gasteiger partial charge in [-0.15, -0.1) is 12.4 Å². The Morgan fingerprint density at radius 3 is 2.52 bits per heavy atom. The minimum atomic E-state index is -0.376. The van der Waals surface area contributed by atoms with Gasteiger partial charge >= 0.3 is 12.0 Å². The first kappa shape index (κ1) is 25.3. The van der Waals surface area contributed by atoms with Crippen LogP contribution in [0.5, 0.6) is 0 Å². The molecule has 8 heteroatoms. The number of ether oxygens (including phenoxy) is 1. The molecule has 1 aliphatic heterocycles. The molecule has 4 rings (SSSR count). The van der Waals surface area contributed by atoms with Crippen LogP contribution in [0.1, 0.15) is 47.2 Å². The largest absolute Gasteiger partial charge is 0.465 e. The number of hydrogen-bond donors (Lipinski definition) is 1. The van der Waals surface area contributed by atoms with Crippen LogP contribution in [-0.2, 0) is 10.2 Å². The average molecular weight is 492 g/mol. The first-order valence-electron chi connectivity index (χ1n) is 11.1. The van der Waals surface area contributed by atoms with Gasteiger partial charge in [-0.1, -0.05) is 23.7 Å². The maximum Gasteiger partial charge on any atom is 0.337 e. The van der Waals surface area contributed by atoms with Crippen molar-refractivity contribution >= 4 is 41.7 Å². The topological polar surface area (TPSA) is 75.9 Å². The number of carbonyl (C=O) groups excluding carboxylic acids is 2. The number of methoxy groups -OCH3 is 1. The standard InChI is InChI=1S/C25H30ClN3O3.ClH/c1-17-14-18(23(30)32-2)6-7-22(17)29-13-12-28(24(29)31)21-8-10-25(16-27,11-9-21)19-4-3-5-20(26)15-19;/h3-7,14-15,21H,8-13,16,27H2,1-2H3;1H/t21-,25+;. The van der Waals surface area contributed by atoms with Crippen LogP contribution in [0.2, 0.25) is 5.02 Å². The molecule has 2 aromatic carbocycles. The van der Waals surface area contributed by atoms with E-state index in [0.717, 1.165) is 42.0 Å². The average Bonchev–Trinajstić information content (AvgIpc) is 3.19. The summed E-state index contributed by atoms with van der Waals surface area (Å²) in [5.74, 6) is -0.376. The lowest BCUT2D eigenvalue weighted by molar-refractivity contribution is 0.0600. The molecule has 33 heavy (non-hydrogen) atoms. The molecular weight excluding hydrogens is 461 g/mol. The summed E-state index contributed by atoms with van der Waals surface area (Å²) < 4.78 is 4.79. The van der Waals surface area contributed by atoms with E-state index in [1.54, 1.807) is 12.1 Å². The van der Waals surface area contributed by atoms with E-state index < -0.39 is 0 Å². The number of rotatable bonds is 5. The van der Waals surface area contributed by atoms with E-state index in [2.05, 4.69) is 6.07 Å². The summed E-state index contributed by atoms with van der Waals surface area (Å²) in [7, 11) is 1.36. The van der Waals surface area contributed by atoms with E-state index in [0.29, 0.717) is 25.2 Å². The van der Waals surface area contributed by atoms with Crippen molar-refractivity contribution in [2.75, 3.05) is 31.6 Å². The van der Waals surface area contributed by atoms with E-state index >= 15 is 0 Å². The lowest BCUT2D eigenvalue weighted by Crippen LogP contribution is -2.47. The van der Waals surface area contributed by atoms with Gasteiger partial charge in [0.05, 0.1) is 12.7 Å². The fraction of sp³-hybridized carbons (Fsp3) is 0.440. The van der Waals surface area contributed by atoms with Gasteiger partial charge in [-0.25, -0.2) is 9.59 Å². The molecule has 1 heterocycles. The quantitative estimate of drug-likeness (QED) is 0.600. The molecule has 2 N–H and O–H groups in total. The number of anilines is 1. The van der Waals surface area contributed by atoms with Crippen LogP contribution in [-0.4, -0.2) is 49.7 Å². The van der Waals surface area contributed by atoms with E-state index in [-0.39, 0.29) is 35.9 Å². The molecule has 2 fully saturated rings. The number of carbonyl (C=O) groups is 2. The Morgan fingerprint density at radius 2 is 1.91 bits per heavy atom. The van der Waals surface area contributed by atoms with Crippen molar-refractivity contribution in [1.29, 1.82) is 0 Å². The first-order valence-corrected chi connectivity index (χ1v) is 11.5. The maximum absolute atomic E-state index is 13.3. The van der Waals surface area contributed by atoms with Gasteiger partial charge in [-0.3, -0.25) is 4.90 Å². The van der Waals surface area contributed by atoms with Crippen molar-refractivity contribution in [3.8, 4) is 0 Å². The lowest BCUT2D eigenvalue weighted by Gasteiger charge is -2.42. The molecule has 0 atom stereocenters. The van der Waals surface area contributed by atoms with Crippen molar-refractivity contribution in [3.05, 3.63) is 64.2 Å². The molecule has 2 aromatic rings. The second-order valence-electron chi connectivity index (χ2n) is 8.85. The Balaban J connectivity index is 0.00000306. The van der Waals surface area contributed by atoms with E-state index in [4.69, 9.17) is 22.1 Å². The smallest absolute Gasteiger partial charge is 0.337 e. The molecule has 0 spiro atoms. The van der Waals surface area contributed by atoms with E-state index in [1.807, 2.05) is 41.0 Å². The van der Waals surface area contributed by atoms with Crippen LogP contribution >= 0.6 is 24.0 Å². The Hall–Kier alpha value is -2.28. The third-order valence-electron chi connectivity index (χ3n) is 7.13. The predicted molar refractivity (Wildman–Crippen MR) is 134 cm³/mol. The van der Waals surface area contributed by atoms with Gasteiger partial charge in [-0.2, -0.15) is 0 Å². The van der Waals surface area contributed by atoms with Gasteiger partial charge in [0.25, 0.3) is 0 Å². The van der Waals surface area contributed by atoms with Gasteiger partial charge in [0.1, 0.15) is 0 Å². The second-order valence-corrected chi connectivity index (χ2v) is 9.28. The van der Waals surface area contributed by atoms with Crippen LogP contribution in [0.25, 0.3) is 0 Å². The van der Waals surface area contributed by atoms with Crippen molar-refractivity contribution in [3.63, 3.8) is 0 Å². The normalized spacial score (nSPS) is 22.8. The van der Waals surface area contributed by atoms with Crippen molar-refractivity contribution in [2.45, 2.75) is 44.1 Å². The van der Waals surface area contributed by atoms with Crippen LogP contribution < -0.4 is 10.6 Å². The molecule has 1 saturated heterocycles. The monoisotopic (exact) mass is 491 g/mol. The summed E-state index contributed by atoms with van der Waals surface area (Å²) in [5.41, 5.74) is 9.57. The van der Waals surface area contributed by atoms with Gasteiger partial charge in [0, 0.05) is 41.8 Å². The molecule has 1 aliphatic carbocycles. The molecule has 0 bridgehead atoms. The first-order chi connectivity index (χ1) is 15.4. The number of esters is 1. The zero-order chi connectivity index (χ0) is 22.9.